The quantitative estimate of drug-likeness (QED) is 0.517. The fourth-order valence-electron chi connectivity index (χ4n) is 0.781. The van der Waals surface area contributed by atoms with Crippen LogP contribution in [0.5, 0.6) is 0 Å². The molecule has 0 spiro atoms. The van der Waals surface area contributed by atoms with Crippen LogP contribution in [0, 0.1) is 17.8 Å². The van der Waals surface area contributed by atoms with Crippen molar-refractivity contribution in [2.45, 2.75) is 20.8 Å². The van der Waals surface area contributed by atoms with Crippen LogP contribution in [0.4, 0.5) is 0 Å². The van der Waals surface area contributed by atoms with E-state index in [1.807, 2.05) is 20.8 Å². The first-order chi connectivity index (χ1) is 4.89. The largest absolute Gasteiger partial charge is 0.334 e. The normalized spacial score (nSPS) is 10.5. The van der Waals surface area contributed by atoms with Gasteiger partial charge >= 0.3 is 0 Å². The molecule has 0 saturated heterocycles. The maximum Gasteiger partial charge on any atom is 0.228 e. The molecule has 0 N–H and O–H groups in total. The molecule has 1 amide bonds. The number of carbonyl (C=O) groups is 1. The highest BCUT2D eigenvalue weighted by Crippen LogP contribution is 2.15. The summed E-state index contributed by atoms with van der Waals surface area (Å²) in [5.74, 6) is 2.50. The maximum absolute atomic E-state index is 11.4. The molecule has 0 fully saturated rings. The van der Waals surface area contributed by atoms with E-state index < -0.39 is 0 Å². The Kier molecular flexibility index (Phi) is 3.13. The summed E-state index contributed by atoms with van der Waals surface area (Å²) >= 11 is 0. The van der Waals surface area contributed by atoms with Crippen LogP contribution >= 0.6 is 0 Å². The van der Waals surface area contributed by atoms with E-state index in [-0.39, 0.29) is 11.3 Å². The lowest BCUT2D eigenvalue weighted by atomic mass is 9.95. The van der Waals surface area contributed by atoms with E-state index in [2.05, 4.69) is 5.92 Å². The molecule has 0 saturated carbocycles. The van der Waals surface area contributed by atoms with Gasteiger partial charge in [-0.05, 0) is 0 Å². The maximum atomic E-state index is 11.4. The van der Waals surface area contributed by atoms with Crippen molar-refractivity contribution >= 4 is 5.91 Å². The Bertz CT molecular complexity index is 183. The molecule has 0 aromatic heterocycles. The fourth-order valence-corrected chi connectivity index (χ4v) is 0.781. The van der Waals surface area contributed by atoms with Crippen LogP contribution in [0.25, 0.3) is 0 Å². The first kappa shape index (κ1) is 10.0. The summed E-state index contributed by atoms with van der Waals surface area (Å²) in [6.07, 6.45) is 5.07. The molecule has 0 heterocycles. The minimum absolute atomic E-state index is 0.0791. The topological polar surface area (TPSA) is 20.3 Å². The van der Waals surface area contributed by atoms with Crippen molar-refractivity contribution in [3.63, 3.8) is 0 Å². The van der Waals surface area contributed by atoms with Crippen LogP contribution < -0.4 is 0 Å². The van der Waals surface area contributed by atoms with Gasteiger partial charge in [0.1, 0.15) is 0 Å². The van der Waals surface area contributed by atoms with Gasteiger partial charge in [-0.1, -0.05) is 26.7 Å². The standard InChI is InChI=1S/C9H15NO/c1-6-7-10(5)8(11)9(2,3)4/h1H,7H2,2-5H3. The molecule has 2 heteroatoms. The number of hydrogen-bond donors (Lipinski definition) is 0. The molecule has 0 atom stereocenters. The minimum atomic E-state index is -0.328. The summed E-state index contributed by atoms with van der Waals surface area (Å²) in [6.45, 7) is 6.02. The molecule has 0 aromatic rings. The second kappa shape index (κ2) is 3.43. The number of nitrogens with zero attached hydrogens (tertiary/aromatic N) is 1. The van der Waals surface area contributed by atoms with E-state index in [0.29, 0.717) is 6.54 Å². The van der Waals surface area contributed by atoms with Gasteiger partial charge in [0.25, 0.3) is 0 Å². The number of amides is 1. The molecule has 0 radical (unpaired) electrons. The van der Waals surface area contributed by atoms with E-state index in [4.69, 9.17) is 6.42 Å². The van der Waals surface area contributed by atoms with Gasteiger partial charge in [-0.25, -0.2) is 0 Å². The summed E-state index contributed by atoms with van der Waals surface area (Å²) in [4.78, 5) is 12.9. The molecular weight excluding hydrogens is 138 g/mol. The minimum Gasteiger partial charge on any atom is -0.334 e. The lowest BCUT2D eigenvalue weighted by molar-refractivity contribution is -0.137. The average molecular weight is 153 g/mol. The Morgan fingerprint density at radius 2 is 2.00 bits per heavy atom. The van der Waals surface area contributed by atoms with Gasteiger partial charge < -0.3 is 4.90 Å². The Balaban J connectivity index is 4.17. The molecule has 0 aliphatic rings. The highest BCUT2D eigenvalue weighted by molar-refractivity contribution is 5.81. The van der Waals surface area contributed by atoms with Gasteiger partial charge in [-0.15, -0.1) is 6.42 Å². The smallest absolute Gasteiger partial charge is 0.228 e. The van der Waals surface area contributed by atoms with Crippen molar-refractivity contribution in [2.75, 3.05) is 13.6 Å². The molecule has 0 bridgehead atoms. The van der Waals surface area contributed by atoms with Crippen LogP contribution in [-0.4, -0.2) is 24.4 Å². The van der Waals surface area contributed by atoms with E-state index in [1.54, 1.807) is 11.9 Å². The van der Waals surface area contributed by atoms with Gasteiger partial charge in [-0.3, -0.25) is 4.79 Å². The zero-order chi connectivity index (χ0) is 9.07. The Morgan fingerprint density at radius 3 is 2.27 bits per heavy atom. The zero-order valence-electron chi connectivity index (χ0n) is 7.64. The van der Waals surface area contributed by atoms with Crippen LogP contribution in [-0.2, 0) is 4.79 Å². The molecule has 0 aliphatic heterocycles. The summed E-state index contributed by atoms with van der Waals surface area (Å²) in [6, 6.07) is 0. The van der Waals surface area contributed by atoms with E-state index >= 15 is 0 Å². The molecule has 0 aliphatic carbocycles. The summed E-state index contributed by atoms with van der Waals surface area (Å²) < 4.78 is 0. The Labute approximate surface area is 68.6 Å². The highest BCUT2D eigenvalue weighted by Gasteiger charge is 2.23. The third-order valence-corrected chi connectivity index (χ3v) is 1.32. The lowest BCUT2D eigenvalue weighted by Crippen LogP contribution is -2.36. The predicted octanol–water partition coefficient (Wildman–Crippen LogP) is 1.12. The molecule has 0 rings (SSSR count). The summed E-state index contributed by atoms with van der Waals surface area (Å²) in [7, 11) is 1.72. The van der Waals surface area contributed by atoms with Crippen molar-refractivity contribution < 1.29 is 4.79 Å². The zero-order valence-corrected chi connectivity index (χ0v) is 7.64. The van der Waals surface area contributed by atoms with E-state index in [0.717, 1.165) is 0 Å². The third kappa shape index (κ3) is 3.08. The monoisotopic (exact) mass is 153 g/mol. The first-order valence-electron chi connectivity index (χ1n) is 3.58. The average Bonchev–Trinajstić information content (AvgIpc) is 1.85. The van der Waals surface area contributed by atoms with Gasteiger partial charge in [0.2, 0.25) is 5.91 Å². The Hall–Kier alpha value is -0.970. The highest BCUT2D eigenvalue weighted by atomic mass is 16.2. The Morgan fingerprint density at radius 1 is 1.55 bits per heavy atom. The van der Waals surface area contributed by atoms with Crippen molar-refractivity contribution in [1.29, 1.82) is 0 Å². The second-order valence-electron chi connectivity index (χ2n) is 3.62. The fraction of sp³-hybridized carbons (Fsp3) is 0.667. The molecule has 11 heavy (non-hydrogen) atoms. The molecule has 62 valence electrons. The summed E-state index contributed by atoms with van der Waals surface area (Å²) in [5.41, 5.74) is -0.328. The third-order valence-electron chi connectivity index (χ3n) is 1.32. The van der Waals surface area contributed by atoms with Crippen molar-refractivity contribution in [3.05, 3.63) is 0 Å². The summed E-state index contributed by atoms with van der Waals surface area (Å²) in [5, 5.41) is 0. The molecule has 0 aromatic carbocycles. The predicted molar refractivity (Wildman–Crippen MR) is 45.9 cm³/mol. The SMILES string of the molecule is C#CCN(C)C(=O)C(C)(C)C. The number of hydrogen-bond acceptors (Lipinski definition) is 1. The number of terminal acetylenes is 1. The van der Waals surface area contributed by atoms with Crippen LogP contribution in [0.1, 0.15) is 20.8 Å². The van der Waals surface area contributed by atoms with E-state index in [9.17, 15) is 4.79 Å². The number of rotatable bonds is 1. The van der Waals surface area contributed by atoms with Crippen LogP contribution in [0.15, 0.2) is 0 Å². The van der Waals surface area contributed by atoms with Crippen molar-refractivity contribution in [1.82, 2.24) is 4.90 Å². The van der Waals surface area contributed by atoms with E-state index in [1.165, 1.54) is 0 Å². The lowest BCUT2D eigenvalue weighted by Gasteiger charge is -2.23. The van der Waals surface area contributed by atoms with Crippen LogP contribution in [0.2, 0.25) is 0 Å². The van der Waals surface area contributed by atoms with Crippen molar-refractivity contribution in [2.24, 2.45) is 5.41 Å². The van der Waals surface area contributed by atoms with Gasteiger partial charge in [-0.2, -0.15) is 0 Å². The van der Waals surface area contributed by atoms with Gasteiger partial charge in [0, 0.05) is 12.5 Å². The first-order valence-corrected chi connectivity index (χ1v) is 3.58. The molecular formula is C9H15NO. The van der Waals surface area contributed by atoms with Crippen LogP contribution in [0.3, 0.4) is 0 Å². The van der Waals surface area contributed by atoms with Gasteiger partial charge in [0.15, 0.2) is 0 Å². The number of carbonyl (C=O) groups excluding carboxylic acids is 1. The van der Waals surface area contributed by atoms with Crippen molar-refractivity contribution in [3.8, 4) is 12.3 Å². The molecule has 0 unspecified atom stereocenters. The second-order valence-corrected chi connectivity index (χ2v) is 3.62. The molecule has 2 nitrogen and oxygen atoms in total. The van der Waals surface area contributed by atoms with Gasteiger partial charge in [0.05, 0.1) is 6.54 Å².